The van der Waals surface area contributed by atoms with Crippen LogP contribution in [0.2, 0.25) is 5.02 Å². The van der Waals surface area contributed by atoms with Gasteiger partial charge in [-0.3, -0.25) is 4.79 Å². The Morgan fingerprint density at radius 2 is 1.86 bits per heavy atom. The number of rotatable bonds is 4. The zero-order valence-electron chi connectivity index (χ0n) is 18.8. The standard InChI is InChI=1S/C28H20ClN5O/c1-34-16-18(14-23-21-4-2-3-5-25(21)32-27(23)35)22-15-20(10-11-26(22)34)31-28-30-13-12-24(33-28)17-6-8-19(29)9-7-17/h2-16H,1H3,(H,32,35)(H,30,31,33)/b23-14+. The summed E-state index contributed by atoms with van der Waals surface area (Å²) in [5.74, 6) is 0.404. The van der Waals surface area contributed by atoms with E-state index < -0.39 is 0 Å². The summed E-state index contributed by atoms with van der Waals surface area (Å²) in [6.07, 6.45) is 5.71. The van der Waals surface area contributed by atoms with E-state index in [9.17, 15) is 4.79 Å². The third-order valence-electron chi connectivity index (χ3n) is 6.08. The Morgan fingerprint density at radius 1 is 1.03 bits per heavy atom. The molecule has 0 bridgehead atoms. The number of benzene rings is 3. The molecule has 35 heavy (non-hydrogen) atoms. The van der Waals surface area contributed by atoms with Crippen LogP contribution < -0.4 is 10.6 Å². The van der Waals surface area contributed by atoms with E-state index in [4.69, 9.17) is 11.6 Å². The van der Waals surface area contributed by atoms with Gasteiger partial charge in [0, 0.05) is 69.0 Å². The van der Waals surface area contributed by atoms with E-state index in [0.717, 1.165) is 44.7 Å². The maximum absolute atomic E-state index is 12.6. The molecule has 0 fully saturated rings. The van der Waals surface area contributed by atoms with E-state index in [1.807, 2.05) is 86.1 Å². The molecular weight excluding hydrogens is 458 g/mol. The molecule has 0 spiro atoms. The number of hydrogen-bond acceptors (Lipinski definition) is 4. The Hall–Kier alpha value is -4.42. The first-order valence-corrected chi connectivity index (χ1v) is 11.5. The van der Waals surface area contributed by atoms with Gasteiger partial charge in [-0.15, -0.1) is 0 Å². The summed E-state index contributed by atoms with van der Waals surface area (Å²) in [7, 11) is 2.00. The average Bonchev–Trinajstić information content (AvgIpc) is 3.35. The molecule has 0 saturated carbocycles. The molecule has 0 aliphatic carbocycles. The highest BCUT2D eigenvalue weighted by Crippen LogP contribution is 2.35. The van der Waals surface area contributed by atoms with Crippen LogP contribution in [0.5, 0.6) is 0 Å². The Kier molecular flexibility index (Phi) is 5.08. The zero-order chi connectivity index (χ0) is 23.9. The number of nitrogens with zero attached hydrogens (tertiary/aromatic N) is 3. The third kappa shape index (κ3) is 3.94. The van der Waals surface area contributed by atoms with Crippen LogP contribution in [-0.4, -0.2) is 20.4 Å². The highest BCUT2D eigenvalue weighted by molar-refractivity contribution is 6.35. The van der Waals surface area contributed by atoms with Crippen LogP contribution in [0.1, 0.15) is 11.1 Å². The Morgan fingerprint density at radius 3 is 2.71 bits per heavy atom. The number of hydrogen-bond donors (Lipinski definition) is 2. The van der Waals surface area contributed by atoms with Crippen LogP contribution in [0.3, 0.4) is 0 Å². The lowest BCUT2D eigenvalue weighted by Crippen LogP contribution is -2.03. The molecule has 3 heterocycles. The van der Waals surface area contributed by atoms with Crippen molar-refractivity contribution in [3.05, 3.63) is 101 Å². The van der Waals surface area contributed by atoms with Crippen LogP contribution in [0.15, 0.2) is 85.2 Å². The SMILES string of the molecule is Cn1cc(/C=C2/C(=O)Nc3ccccc32)c2cc(Nc3nccc(-c4ccc(Cl)cc4)n3)ccc21. The van der Waals surface area contributed by atoms with Crippen molar-refractivity contribution in [1.82, 2.24) is 14.5 Å². The largest absolute Gasteiger partial charge is 0.350 e. The minimum atomic E-state index is -0.0927. The number of fused-ring (bicyclic) bond motifs is 2. The van der Waals surface area contributed by atoms with Gasteiger partial charge in [0.15, 0.2) is 0 Å². The van der Waals surface area contributed by atoms with Crippen LogP contribution >= 0.6 is 11.6 Å². The van der Waals surface area contributed by atoms with Crippen LogP contribution in [0.25, 0.3) is 33.8 Å². The van der Waals surface area contributed by atoms with Crippen LogP contribution in [0.4, 0.5) is 17.3 Å². The summed E-state index contributed by atoms with van der Waals surface area (Å²) in [5.41, 5.74) is 7.05. The number of nitrogens with one attached hydrogen (secondary N) is 2. The van der Waals surface area contributed by atoms with Crippen molar-refractivity contribution < 1.29 is 4.79 Å². The first-order chi connectivity index (χ1) is 17.0. The maximum Gasteiger partial charge on any atom is 0.256 e. The van der Waals surface area contributed by atoms with E-state index in [-0.39, 0.29) is 5.91 Å². The summed E-state index contributed by atoms with van der Waals surface area (Å²) < 4.78 is 2.06. The van der Waals surface area contributed by atoms with Gasteiger partial charge >= 0.3 is 0 Å². The van der Waals surface area contributed by atoms with E-state index in [0.29, 0.717) is 16.5 Å². The van der Waals surface area contributed by atoms with Gasteiger partial charge < -0.3 is 15.2 Å². The molecule has 1 aliphatic heterocycles. The molecular formula is C28H20ClN5O. The van der Waals surface area contributed by atoms with E-state index >= 15 is 0 Å². The van der Waals surface area contributed by atoms with E-state index in [1.165, 1.54) is 0 Å². The number of carbonyl (C=O) groups is 1. The van der Waals surface area contributed by atoms with Crippen LogP contribution in [0, 0.1) is 0 Å². The van der Waals surface area contributed by atoms with Gasteiger partial charge in [0.1, 0.15) is 0 Å². The minimum absolute atomic E-state index is 0.0927. The number of amides is 1. The maximum atomic E-state index is 12.6. The van der Waals surface area contributed by atoms with Gasteiger partial charge in [0.2, 0.25) is 5.95 Å². The Bertz CT molecular complexity index is 1640. The van der Waals surface area contributed by atoms with Crippen molar-refractivity contribution in [2.24, 2.45) is 7.05 Å². The van der Waals surface area contributed by atoms with Gasteiger partial charge in [-0.2, -0.15) is 0 Å². The van der Waals surface area contributed by atoms with E-state index in [2.05, 4.69) is 31.2 Å². The molecule has 0 saturated heterocycles. The highest BCUT2D eigenvalue weighted by Gasteiger charge is 2.24. The number of halogens is 1. The summed E-state index contributed by atoms with van der Waals surface area (Å²) in [6.45, 7) is 0. The molecule has 6 nitrogen and oxygen atoms in total. The molecule has 2 N–H and O–H groups in total. The second kappa shape index (κ2) is 8.42. The lowest BCUT2D eigenvalue weighted by Gasteiger charge is -2.08. The predicted octanol–water partition coefficient (Wildman–Crippen LogP) is 6.53. The van der Waals surface area contributed by atoms with Crippen molar-refractivity contribution in [2.75, 3.05) is 10.6 Å². The molecule has 1 aliphatic rings. The van der Waals surface area contributed by atoms with Crippen molar-refractivity contribution in [2.45, 2.75) is 0 Å². The first-order valence-electron chi connectivity index (χ1n) is 11.1. The lowest BCUT2D eigenvalue weighted by molar-refractivity contribution is -0.110. The summed E-state index contributed by atoms with van der Waals surface area (Å²) in [5, 5.41) is 7.96. The first kappa shape index (κ1) is 21.1. The predicted molar refractivity (Wildman–Crippen MR) is 142 cm³/mol. The second-order valence-electron chi connectivity index (χ2n) is 8.38. The fraction of sp³-hybridized carbons (Fsp3) is 0.0357. The monoisotopic (exact) mass is 477 g/mol. The summed E-state index contributed by atoms with van der Waals surface area (Å²) in [6, 6.07) is 23.2. The Balaban J connectivity index is 1.36. The molecule has 170 valence electrons. The summed E-state index contributed by atoms with van der Waals surface area (Å²) >= 11 is 6.01. The average molecular weight is 478 g/mol. The van der Waals surface area contributed by atoms with Gasteiger partial charge in [0.05, 0.1) is 5.69 Å². The zero-order valence-corrected chi connectivity index (χ0v) is 19.5. The molecule has 0 radical (unpaired) electrons. The van der Waals surface area contributed by atoms with Crippen molar-refractivity contribution in [3.63, 3.8) is 0 Å². The minimum Gasteiger partial charge on any atom is -0.350 e. The van der Waals surface area contributed by atoms with Gasteiger partial charge in [0.25, 0.3) is 5.91 Å². The smallest absolute Gasteiger partial charge is 0.256 e. The fourth-order valence-corrected chi connectivity index (χ4v) is 4.51. The fourth-order valence-electron chi connectivity index (χ4n) is 4.38. The third-order valence-corrected chi connectivity index (χ3v) is 6.33. The quantitative estimate of drug-likeness (QED) is 0.289. The Labute approximate surface area is 206 Å². The van der Waals surface area contributed by atoms with Crippen molar-refractivity contribution in [1.29, 1.82) is 0 Å². The molecule has 0 unspecified atom stereocenters. The van der Waals surface area contributed by atoms with Crippen molar-refractivity contribution in [3.8, 4) is 11.3 Å². The number of aromatic nitrogens is 3. The van der Waals surface area contributed by atoms with Gasteiger partial charge in [-0.25, -0.2) is 9.97 Å². The second-order valence-corrected chi connectivity index (χ2v) is 8.82. The topological polar surface area (TPSA) is 71.8 Å². The highest BCUT2D eigenvalue weighted by atomic mass is 35.5. The van der Waals surface area contributed by atoms with Gasteiger partial charge in [-0.05, 0) is 48.5 Å². The number of anilines is 3. The molecule has 0 atom stereocenters. The number of aryl methyl sites for hydroxylation is 1. The lowest BCUT2D eigenvalue weighted by atomic mass is 10.0. The number of carbonyl (C=O) groups excluding carboxylic acids is 1. The van der Waals surface area contributed by atoms with Gasteiger partial charge in [-0.1, -0.05) is 41.9 Å². The molecule has 5 aromatic rings. The normalized spacial score (nSPS) is 13.8. The molecule has 7 heteroatoms. The summed E-state index contributed by atoms with van der Waals surface area (Å²) in [4.78, 5) is 21.7. The van der Waals surface area contributed by atoms with Crippen molar-refractivity contribution >= 4 is 57.4 Å². The van der Waals surface area contributed by atoms with E-state index in [1.54, 1.807) is 6.20 Å². The molecule has 3 aromatic carbocycles. The number of para-hydroxylation sites is 1. The van der Waals surface area contributed by atoms with Crippen LogP contribution in [-0.2, 0) is 11.8 Å². The molecule has 2 aromatic heterocycles. The molecule has 1 amide bonds. The molecule has 6 rings (SSSR count).